The minimum atomic E-state index is -0.0344. The molecule has 186 valence electrons. The normalized spacial score (nSPS) is 19.3. The van der Waals surface area contributed by atoms with Crippen LogP contribution in [-0.4, -0.2) is 30.8 Å². The van der Waals surface area contributed by atoms with Gasteiger partial charge in [0.25, 0.3) is 0 Å². The summed E-state index contributed by atoms with van der Waals surface area (Å²) in [6.07, 6.45) is 4.07. The fourth-order valence-corrected chi connectivity index (χ4v) is 5.18. The van der Waals surface area contributed by atoms with E-state index in [-0.39, 0.29) is 17.7 Å². The van der Waals surface area contributed by atoms with E-state index in [2.05, 4.69) is 0 Å². The summed E-state index contributed by atoms with van der Waals surface area (Å²) in [5, 5.41) is 6.57. The first kappa shape index (κ1) is 23.9. The molecule has 1 heterocycles. The molecule has 1 aliphatic heterocycles. The first-order chi connectivity index (χ1) is 17.7. The largest absolute Gasteiger partial charge is 0.493 e. The van der Waals surface area contributed by atoms with Crippen LogP contribution in [0.3, 0.4) is 0 Å². The maximum Gasteiger partial charge on any atom is 0.246 e. The molecule has 5 rings (SSSR count). The molecular formula is C30H32N2O4. The summed E-state index contributed by atoms with van der Waals surface area (Å²) in [6.45, 7) is 0.949. The van der Waals surface area contributed by atoms with Crippen molar-refractivity contribution in [2.45, 2.75) is 38.8 Å². The second-order valence-corrected chi connectivity index (χ2v) is 9.37. The lowest BCUT2D eigenvalue weighted by atomic mass is 9.73. The van der Waals surface area contributed by atoms with Crippen molar-refractivity contribution in [2.24, 2.45) is 16.9 Å². The van der Waals surface area contributed by atoms with Crippen molar-refractivity contribution >= 4 is 11.6 Å². The number of amides is 1. The summed E-state index contributed by atoms with van der Waals surface area (Å²) in [4.78, 5) is 13.4. The number of carbonyl (C=O) groups is 1. The van der Waals surface area contributed by atoms with Crippen LogP contribution in [-0.2, 0) is 17.9 Å². The molecule has 0 N–H and O–H groups in total. The van der Waals surface area contributed by atoms with E-state index in [9.17, 15) is 4.79 Å². The van der Waals surface area contributed by atoms with Crippen molar-refractivity contribution in [3.05, 3.63) is 89.5 Å². The predicted octanol–water partition coefficient (Wildman–Crippen LogP) is 5.84. The molecule has 0 unspecified atom stereocenters. The number of carbonyl (C=O) groups excluding carboxylic acids is 1. The Balaban J connectivity index is 1.36. The molecule has 6 nitrogen and oxygen atoms in total. The molecule has 1 amide bonds. The first-order valence-corrected chi connectivity index (χ1v) is 12.5. The van der Waals surface area contributed by atoms with Crippen LogP contribution in [0, 0.1) is 11.8 Å². The quantitative estimate of drug-likeness (QED) is 0.403. The highest BCUT2D eigenvalue weighted by atomic mass is 16.5. The van der Waals surface area contributed by atoms with E-state index in [1.54, 1.807) is 19.2 Å². The van der Waals surface area contributed by atoms with Crippen LogP contribution in [0.2, 0.25) is 0 Å². The fourth-order valence-electron chi connectivity index (χ4n) is 5.18. The van der Waals surface area contributed by atoms with Crippen molar-refractivity contribution in [1.82, 2.24) is 5.01 Å². The molecule has 0 aromatic heterocycles. The average Bonchev–Trinajstić information content (AvgIpc) is 2.94. The minimum absolute atomic E-state index is 0.0344. The van der Waals surface area contributed by atoms with Gasteiger partial charge in [-0.25, -0.2) is 5.01 Å². The van der Waals surface area contributed by atoms with Crippen molar-refractivity contribution in [3.63, 3.8) is 0 Å². The van der Waals surface area contributed by atoms with Crippen molar-refractivity contribution in [2.75, 3.05) is 14.2 Å². The second kappa shape index (κ2) is 10.9. The maximum absolute atomic E-state index is 13.4. The molecule has 6 heteroatoms. The highest BCUT2D eigenvalue weighted by Crippen LogP contribution is 2.39. The van der Waals surface area contributed by atoms with Gasteiger partial charge in [0, 0.05) is 17.4 Å². The minimum Gasteiger partial charge on any atom is -0.493 e. The smallest absolute Gasteiger partial charge is 0.246 e. The molecule has 1 saturated carbocycles. The number of nitrogens with zero attached hydrogens (tertiary/aromatic N) is 2. The summed E-state index contributed by atoms with van der Waals surface area (Å²) in [7, 11) is 3.27. The molecule has 0 bridgehead atoms. The lowest BCUT2D eigenvalue weighted by Gasteiger charge is -2.38. The van der Waals surface area contributed by atoms with Crippen molar-refractivity contribution in [3.8, 4) is 17.2 Å². The van der Waals surface area contributed by atoms with Crippen LogP contribution >= 0.6 is 0 Å². The molecule has 36 heavy (non-hydrogen) atoms. The van der Waals surface area contributed by atoms with Crippen LogP contribution in [0.1, 0.15) is 42.4 Å². The summed E-state index contributed by atoms with van der Waals surface area (Å²) < 4.78 is 16.9. The monoisotopic (exact) mass is 484 g/mol. The standard InChI is InChI=1S/C30H32N2O4/c1-34-27-17-14-23(18-28(27)35-2)29-25-10-6-7-11-26(25)30(33)32(31-29)19-21-12-15-24(16-13-21)36-20-22-8-4-3-5-9-22/h3-5,8-9,12-18,25-26H,6-7,10-11,19-20H2,1-2H3/t25-,26+/m0/s1. The van der Waals surface area contributed by atoms with Gasteiger partial charge in [-0.3, -0.25) is 4.79 Å². The third-order valence-electron chi connectivity index (χ3n) is 7.10. The maximum atomic E-state index is 13.4. The van der Waals surface area contributed by atoms with Gasteiger partial charge in [-0.2, -0.15) is 5.10 Å². The summed E-state index contributed by atoms with van der Waals surface area (Å²) in [5.41, 5.74) is 4.08. The third kappa shape index (κ3) is 5.08. The van der Waals surface area contributed by atoms with E-state index in [0.29, 0.717) is 24.7 Å². The van der Waals surface area contributed by atoms with Gasteiger partial charge in [0.2, 0.25) is 5.91 Å². The van der Waals surface area contributed by atoms with Gasteiger partial charge in [0.05, 0.1) is 26.5 Å². The molecule has 2 aliphatic rings. The fraction of sp³-hybridized carbons (Fsp3) is 0.333. The molecule has 2 atom stereocenters. The number of ether oxygens (including phenoxy) is 3. The number of hydrogen-bond donors (Lipinski definition) is 0. The molecule has 3 aromatic carbocycles. The third-order valence-corrected chi connectivity index (χ3v) is 7.10. The van der Waals surface area contributed by atoms with Crippen molar-refractivity contribution < 1.29 is 19.0 Å². The van der Waals surface area contributed by atoms with E-state index in [1.165, 1.54) is 0 Å². The summed E-state index contributed by atoms with van der Waals surface area (Å²) in [5.74, 6) is 2.37. The Morgan fingerprint density at radius 2 is 1.56 bits per heavy atom. The SMILES string of the molecule is COc1ccc(C2=NN(Cc3ccc(OCc4ccccc4)cc3)C(=O)[C@@H]3CCCC[C@H]23)cc1OC. The van der Waals surface area contributed by atoms with E-state index >= 15 is 0 Å². The zero-order valence-corrected chi connectivity index (χ0v) is 20.9. The van der Waals surface area contributed by atoms with Crippen LogP contribution in [0.5, 0.6) is 17.2 Å². The van der Waals surface area contributed by atoms with Crippen LogP contribution in [0.25, 0.3) is 0 Å². The van der Waals surface area contributed by atoms with Gasteiger partial charge in [0.1, 0.15) is 12.4 Å². The zero-order valence-electron chi connectivity index (χ0n) is 20.9. The molecule has 0 saturated heterocycles. The number of methoxy groups -OCH3 is 2. The van der Waals surface area contributed by atoms with Crippen LogP contribution < -0.4 is 14.2 Å². The van der Waals surface area contributed by atoms with E-state index < -0.39 is 0 Å². The van der Waals surface area contributed by atoms with Gasteiger partial charge < -0.3 is 14.2 Å². The first-order valence-electron chi connectivity index (χ1n) is 12.5. The van der Waals surface area contributed by atoms with Gasteiger partial charge >= 0.3 is 0 Å². The molecule has 0 radical (unpaired) electrons. The topological polar surface area (TPSA) is 60.4 Å². The number of hydrogen-bond acceptors (Lipinski definition) is 5. The number of benzene rings is 3. The highest BCUT2D eigenvalue weighted by molar-refractivity contribution is 6.07. The van der Waals surface area contributed by atoms with E-state index in [0.717, 1.165) is 53.8 Å². The summed E-state index contributed by atoms with van der Waals surface area (Å²) in [6, 6.07) is 23.9. The Bertz CT molecular complexity index is 1220. The summed E-state index contributed by atoms with van der Waals surface area (Å²) >= 11 is 0. The van der Waals surface area contributed by atoms with Gasteiger partial charge in [-0.05, 0) is 54.3 Å². The molecule has 1 fully saturated rings. The lowest BCUT2D eigenvalue weighted by molar-refractivity contribution is -0.139. The number of hydrazone groups is 1. The van der Waals surface area contributed by atoms with Crippen molar-refractivity contribution in [1.29, 1.82) is 0 Å². The van der Waals surface area contributed by atoms with Gasteiger partial charge in [0.15, 0.2) is 11.5 Å². The Kier molecular flexibility index (Phi) is 7.21. The molecular weight excluding hydrogens is 452 g/mol. The zero-order chi connectivity index (χ0) is 24.9. The van der Waals surface area contributed by atoms with E-state index in [1.807, 2.05) is 72.8 Å². The highest BCUT2D eigenvalue weighted by Gasteiger charge is 2.41. The number of fused-ring (bicyclic) bond motifs is 1. The van der Waals surface area contributed by atoms with Gasteiger partial charge in [-0.1, -0.05) is 55.3 Å². The van der Waals surface area contributed by atoms with Crippen LogP contribution in [0.4, 0.5) is 0 Å². The Hall–Kier alpha value is -3.80. The van der Waals surface area contributed by atoms with Gasteiger partial charge in [-0.15, -0.1) is 0 Å². The molecule has 0 spiro atoms. The molecule has 1 aliphatic carbocycles. The Morgan fingerprint density at radius 1 is 0.833 bits per heavy atom. The second-order valence-electron chi connectivity index (χ2n) is 9.37. The Morgan fingerprint density at radius 3 is 2.28 bits per heavy atom. The predicted molar refractivity (Wildman–Crippen MR) is 139 cm³/mol. The van der Waals surface area contributed by atoms with Crippen LogP contribution in [0.15, 0.2) is 77.9 Å². The molecule has 3 aromatic rings. The lowest BCUT2D eigenvalue weighted by Crippen LogP contribution is -2.45. The number of rotatable bonds is 8. The Labute approximate surface area is 212 Å². The average molecular weight is 485 g/mol. The van der Waals surface area contributed by atoms with E-state index in [4.69, 9.17) is 19.3 Å².